The quantitative estimate of drug-likeness (QED) is 0.690. The van der Waals surface area contributed by atoms with Crippen molar-refractivity contribution in [1.82, 2.24) is 5.32 Å². The van der Waals surface area contributed by atoms with Gasteiger partial charge in [-0.1, -0.05) is 35.5 Å². The second kappa shape index (κ2) is 6.81. The van der Waals surface area contributed by atoms with Gasteiger partial charge in [-0.3, -0.25) is 4.79 Å². The molecule has 0 bridgehead atoms. The minimum Gasteiger partial charge on any atom is -0.463 e. The highest BCUT2D eigenvalue weighted by molar-refractivity contribution is 8.15. The second-order valence-corrected chi connectivity index (χ2v) is 6.22. The van der Waals surface area contributed by atoms with Gasteiger partial charge in [0.25, 0.3) is 0 Å². The summed E-state index contributed by atoms with van der Waals surface area (Å²) < 4.78 is 5.11. The summed E-state index contributed by atoms with van der Waals surface area (Å²) in [7, 11) is 0. The third kappa shape index (κ3) is 3.78. The molecule has 0 spiro atoms. The van der Waals surface area contributed by atoms with E-state index in [1.165, 1.54) is 18.0 Å². The zero-order valence-electron chi connectivity index (χ0n) is 11.4. The Hall–Kier alpha value is -2.05. The summed E-state index contributed by atoms with van der Waals surface area (Å²) >= 11 is 7.22. The number of amides is 1. The molecule has 1 amide bonds. The average Bonchev–Trinajstić information content (AvgIpc) is 3.12. The first-order valence-corrected chi connectivity index (χ1v) is 7.83. The van der Waals surface area contributed by atoms with Crippen molar-refractivity contribution in [2.24, 2.45) is 10.2 Å². The molecule has 22 heavy (non-hydrogen) atoms. The lowest BCUT2D eigenvalue weighted by Crippen LogP contribution is -2.25. The van der Waals surface area contributed by atoms with E-state index in [1.54, 1.807) is 18.4 Å². The molecule has 1 aromatic carbocycles. The molecule has 1 aromatic heterocycles. The van der Waals surface area contributed by atoms with Gasteiger partial charge in [-0.25, -0.2) is 0 Å². The molecule has 2 aromatic rings. The van der Waals surface area contributed by atoms with E-state index >= 15 is 0 Å². The fourth-order valence-electron chi connectivity index (χ4n) is 1.92. The smallest absolute Gasteiger partial charge is 0.239 e. The van der Waals surface area contributed by atoms with E-state index in [0.717, 1.165) is 5.56 Å². The monoisotopic (exact) mass is 333 g/mol. The summed E-state index contributed by atoms with van der Waals surface area (Å²) in [6.07, 6.45) is 3.67. The summed E-state index contributed by atoms with van der Waals surface area (Å²) in [5.41, 5.74) is 1.05. The molecule has 2 heterocycles. The van der Waals surface area contributed by atoms with Crippen LogP contribution in [0, 0.1) is 0 Å². The Morgan fingerprint density at radius 2 is 2.14 bits per heavy atom. The summed E-state index contributed by atoms with van der Waals surface area (Å²) in [4.78, 5) is 11.9. The van der Waals surface area contributed by atoms with E-state index < -0.39 is 0 Å². The van der Waals surface area contributed by atoms with Gasteiger partial charge in [0.15, 0.2) is 5.17 Å². The van der Waals surface area contributed by atoms with Crippen molar-refractivity contribution in [3.05, 3.63) is 59.0 Å². The minimum absolute atomic E-state index is 0.0631. The van der Waals surface area contributed by atoms with Crippen molar-refractivity contribution in [1.29, 1.82) is 0 Å². The van der Waals surface area contributed by atoms with Crippen LogP contribution in [0.25, 0.3) is 0 Å². The van der Waals surface area contributed by atoms with Crippen LogP contribution in [0.2, 0.25) is 5.02 Å². The fourth-order valence-corrected chi connectivity index (χ4v) is 3.02. The van der Waals surface area contributed by atoms with Gasteiger partial charge < -0.3 is 9.73 Å². The van der Waals surface area contributed by atoms with E-state index in [2.05, 4.69) is 15.5 Å². The standard InChI is InChI=1S/C15H12ClN3O2S/c16-11-5-3-10(4-6-11)8-13-14(20)18-15(22-13)19-17-9-12-2-1-7-21-12/h1-7,9,13H,8H2,(H,18,19,20)/b17-9-/t13-/m0/s1. The molecular formula is C15H12ClN3O2S. The van der Waals surface area contributed by atoms with E-state index in [-0.39, 0.29) is 11.2 Å². The second-order valence-electron chi connectivity index (χ2n) is 4.59. The third-order valence-corrected chi connectivity index (χ3v) is 4.31. The molecule has 0 radical (unpaired) electrons. The molecule has 3 rings (SSSR count). The SMILES string of the molecule is O=C1N/C(=N\N=C/c2ccco2)S[C@H]1Cc1ccc(Cl)cc1. The van der Waals surface area contributed by atoms with Crippen LogP contribution in [0.15, 0.2) is 57.3 Å². The lowest BCUT2D eigenvalue weighted by Gasteiger charge is -2.05. The zero-order valence-corrected chi connectivity index (χ0v) is 13.0. The number of rotatable bonds is 4. The first-order valence-electron chi connectivity index (χ1n) is 6.57. The predicted molar refractivity (Wildman–Crippen MR) is 88.4 cm³/mol. The Morgan fingerprint density at radius 3 is 2.86 bits per heavy atom. The van der Waals surface area contributed by atoms with Gasteiger partial charge in [-0.2, -0.15) is 5.10 Å². The minimum atomic E-state index is -0.210. The lowest BCUT2D eigenvalue weighted by molar-refractivity contribution is -0.118. The number of carbonyl (C=O) groups is 1. The van der Waals surface area contributed by atoms with Crippen molar-refractivity contribution >= 4 is 40.7 Å². The summed E-state index contributed by atoms with van der Waals surface area (Å²) in [5.74, 6) is 0.545. The van der Waals surface area contributed by atoms with Crippen LogP contribution in [0.5, 0.6) is 0 Å². The maximum Gasteiger partial charge on any atom is 0.239 e. The van der Waals surface area contributed by atoms with Gasteiger partial charge >= 0.3 is 0 Å². The normalized spacial score (nSPS) is 20.0. The van der Waals surface area contributed by atoms with Gasteiger partial charge in [0.2, 0.25) is 5.91 Å². The number of hydrogen-bond donors (Lipinski definition) is 1. The molecule has 5 nitrogen and oxygen atoms in total. The number of benzene rings is 1. The van der Waals surface area contributed by atoms with Crippen molar-refractivity contribution < 1.29 is 9.21 Å². The van der Waals surface area contributed by atoms with Crippen LogP contribution in [0.3, 0.4) is 0 Å². The van der Waals surface area contributed by atoms with Gasteiger partial charge in [-0.15, -0.1) is 5.10 Å². The molecule has 0 unspecified atom stereocenters. The summed E-state index contributed by atoms with van der Waals surface area (Å²) in [6.45, 7) is 0. The van der Waals surface area contributed by atoms with Crippen LogP contribution in [-0.4, -0.2) is 22.5 Å². The Morgan fingerprint density at radius 1 is 1.32 bits per heavy atom. The Kier molecular flexibility index (Phi) is 4.60. The highest BCUT2D eigenvalue weighted by Crippen LogP contribution is 2.24. The number of carbonyl (C=O) groups excluding carboxylic acids is 1. The Balaban J connectivity index is 1.61. The van der Waals surface area contributed by atoms with Crippen LogP contribution in [0.4, 0.5) is 0 Å². The van der Waals surface area contributed by atoms with Crippen LogP contribution in [-0.2, 0) is 11.2 Å². The number of nitrogens with one attached hydrogen (secondary N) is 1. The Labute approximate surface area is 136 Å². The molecule has 1 aliphatic heterocycles. The molecule has 1 N–H and O–H groups in total. The highest BCUT2D eigenvalue weighted by Gasteiger charge is 2.30. The molecule has 1 saturated heterocycles. The van der Waals surface area contributed by atoms with Crippen LogP contribution < -0.4 is 5.32 Å². The number of thioether (sulfide) groups is 1. The largest absolute Gasteiger partial charge is 0.463 e. The molecule has 112 valence electrons. The fraction of sp³-hybridized carbons (Fsp3) is 0.133. The number of furan rings is 1. The van der Waals surface area contributed by atoms with Crippen molar-refractivity contribution in [3.8, 4) is 0 Å². The van der Waals surface area contributed by atoms with Gasteiger partial charge in [0.1, 0.15) is 5.76 Å². The van der Waals surface area contributed by atoms with Crippen LogP contribution in [0.1, 0.15) is 11.3 Å². The Bertz CT molecular complexity index is 711. The molecular weight excluding hydrogens is 322 g/mol. The number of halogens is 1. The maximum atomic E-state index is 11.9. The first kappa shape index (κ1) is 14.9. The van der Waals surface area contributed by atoms with E-state index in [1.807, 2.05) is 24.3 Å². The zero-order chi connectivity index (χ0) is 15.4. The van der Waals surface area contributed by atoms with Crippen molar-refractivity contribution in [2.75, 3.05) is 0 Å². The first-order chi connectivity index (χ1) is 10.7. The molecule has 7 heteroatoms. The molecule has 0 saturated carbocycles. The van der Waals surface area contributed by atoms with E-state index in [4.69, 9.17) is 16.0 Å². The van der Waals surface area contributed by atoms with Crippen LogP contribution >= 0.6 is 23.4 Å². The number of amidine groups is 1. The van der Waals surface area contributed by atoms with Crippen molar-refractivity contribution in [2.45, 2.75) is 11.7 Å². The number of hydrogen-bond acceptors (Lipinski definition) is 5. The lowest BCUT2D eigenvalue weighted by atomic mass is 10.1. The van der Waals surface area contributed by atoms with Gasteiger partial charge in [0, 0.05) is 5.02 Å². The molecule has 1 fully saturated rings. The van der Waals surface area contributed by atoms with Crippen molar-refractivity contribution in [3.63, 3.8) is 0 Å². The van der Waals surface area contributed by atoms with E-state index in [9.17, 15) is 4.79 Å². The third-order valence-electron chi connectivity index (χ3n) is 2.99. The summed E-state index contributed by atoms with van der Waals surface area (Å²) in [6, 6.07) is 11.0. The predicted octanol–water partition coefficient (Wildman–Crippen LogP) is 3.10. The van der Waals surface area contributed by atoms with Gasteiger partial charge in [0.05, 0.1) is 17.7 Å². The number of nitrogens with zero attached hydrogens (tertiary/aromatic N) is 2. The maximum absolute atomic E-state index is 11.9. The topological polar surface area (TPSA) is 67.0 Å². The molecule has 1 aliphatic rings. The highest BCUT2D eigenvalue weighted by atomic mass is 35.5. The van der Waals surface area contributed by atoms with Gasteiger partial charge in [-0.05, 0) is 36.2 Å². The molecule has 0 aliphatic carbocycles. The average molecular weight is 334 g/mol. The van der Waals surface area contributed by atoms with E-state index in [0.29, 0.717) is 22.4 Å². The molecule has 1 atom stereocenters. The summed E-state index contributed by atoms with van der Waals surface area (Å²) in [5, 5.41) is 11.6.